The molecule has 0 saturated carbocycles. The lowest BCUT2D eigenvalue weighted by Crippen LogP contribution is -2.43. The molecule has 3 aromatic carbocycles. The molecule has 0 radical (unpaired) electrons. The lowest BCUT2D eigenvalue weighted by atomic mass is 10.0. The third kappa shape index (κ3) is 6.35. The number of hydrogen-bond acceptors (Lipinski definition) is 6. The van der Waals surface area contributed by atoms with Gasteiger partial charge in [0.2, 0.25) is 5.91 Å². The third-order valence-corrected chi connectivity index (χ3v) is 6.56. The van der Waals surface area contributed by atoms with E-state index in [2.05, 4.69) is 10.7 Å². The first kappa shape index (κ1) is 28.8. The number of nitro benzene ring substituents is 1. The summed E-state index contributed by atoms with van der Waals surface area (Å²) < 4.78 is 7.60. The van der Waals surface area contributed by atoms with Crippen molar-refractivity contribution in [3.8, 4) is 17.0 Å². The summed E-state index contributed by atoms with van der Waals surface area (Å²) in [5, 5.41) is 14.2. The Kier molecular flexibility index (Phi) is 8.66. The summed E-state index contributed by atoms with van der Waals surface area (Å²) in [7, 11) is 1.51. The highest BCUT2D eigenvalue weighted by Gasteiger charge is 2.30. The van der Waals surface area contributed by atoms with Crippen LogP contribution >= 0.6 is 0 Å². The van der Waals surface area contributed by atoms with Gasteiger partial charge < -0.3 is 10.1 Å². The van der Waals surface area contributed by atoms with E-state index in [9.17, 15) is 24.5 Å². The van der Waals surface area contributed by atoms with Crippen molar-refractivity contribution in [1.82, 2.24) is 14.6 Å². The molecule has 41 heavy (non-hydrogen) atoms. The number of nitro groups is 1. The minimum atomic E-state index is -0.941. The van der Waals surface area contributed by atoms with Crippen LogP contribution in [0.4, 0.5) is 5.69 Å². The van der Waals surface area contributed by atoms with Crippen LogP contribution in [0, 0.1) is 17.0 Å². The first-order chi connectivity index (χ1) is 19.6. The zero-order chi connectivity index (χ0) is 29.7. The smallest absolute Gasteiger partial charge is 0.348 e. The van der Waals surface area contributed by atoms with Gasteiger partial charge in [-0.15, -0.1) is 0 Å². The maximum Gasteiger partial charge on any atom is 0.348 e. The van der Waals surface area contributed by atoms with Crippen LogP contribution in [0.2, 0.25) is 0 Å². The minimum absolute atomic E-state index is 0.125. The quantitative estimate of drug-likeness (QED) is 0.221. The van der Waals surface area contributed by atoms with Crippen molar-refractivity contribution in [3.63, 3.8) is 0 Å². The van der Waals surface area contributed by atoms with Gasteiger partial charge in [0.15, 0.2) is 0 Å². The lowest BCUT2D eigenvalue weighted by molar-refractivity contribution is -0.384. The standard InChI is InChI=1S/C30H31N5O6/c1-19(2)31-29(37)26(18-21-8-6-5-7-9-21)33-20(3)27(22-10-14-24(15-11-22)35(39)40)34(30(33)38)32-28(36)23-12-16-25(41-4)17-13-23/h5-17,19,26H,18H2,1-4H3,(H,31,37)(H,32,36). The number of nitrogens with zero attached hydrogens (tertiary/aromatic N) is 3. The van der Waals surface area contributed by atoms with E-state index < -0.39 is 22.6 Å². The molecule has 0 fully saturated rings. The second-order valence-corrected chi connectivity index (χ2v) is 9.76. The van der Waals surface area contributed by atoms with Gasteiger partial charge >= 0.3 is 5.69 Å². The van der Waals surface area contributed by atoms with E-state index in [1.54, 1.807) is 31.2 Å². The number of non-ortho nitro benzene ring substituents is 1. The van der Waals surface area contributed by atoms with Crippen molar-refractivity contribution >= 4 is 17.5 Å². The van der Waals surface area contributed by atoms with Crippen molar-refractivity contribution < 1.29 is 19.2 Å². The molecule has 2 N–H and O–H groups in total. The summed E-state index contributed by atoms with van der Waals surface area (Å²) >= 11 is 0. The van der Waals surface area contributed by atoms with Crippen LogP contribution in [0.1, 0.15) is 41.5 Å². The summed E-state index contributed by atoms with van der Waals surface area (Å²) in [6.07, 6.45) is 0.219. The Balaban J connectivity index is 1.87. The topological polar surface area (TPSA) is 137 Å². The highest BCUT2D eigenvalue weighted by atomic mass is 16.6. The molecule has 4 aromatic rings. The predicted octanol–water partition coefficient (Wildman–Crippen LogP) is 4.23. The molecule has 1 atom stereocenters. The molecule has 212 valence electrons. The van der Waals surface area contributed by atoms with Gasteiger partial charge in [-0.2, -0.15) is 4.68 Å². The molecular weight excluding hydrogens is 526 g/mol. The second-order valence-electron chi connectivity index (χ2n) is 9.76. The monoisotopic (exact) mass is 557 g/mol. The molecule has 0 spiro atoms. The zero-order valence-electron chi connectivity index (χ0n) is 23.2. The van der Waals surface area contributed by atoms with E-state index in [1.807, 2.05) is 44.2 Å². The minimum Gasteiger partial charge on any atom is -0.497 e. The van der Waals surface area contributed by atoms with Crippen molar-refractivity contribution in [3.05, 3.63) is 116 Å². The average Bonchev–Trinajstić information content (AvgIpc) is 3.20. The fourth-order valence-electron chi connectivity index (χ4n) is 4.60. The van der Waals surface area contributed by atoms with Crippen molar-refractivity contribution in [2.24, 2.45) is 0 Å². The van der Waals surface area contributed by atoms with Gasteiger partial charge in [-0.05, 0) is 62.7 Å². The molecule has 1 unspecified atom stereocenters. The second kappa shape index (κ2) is 12.3. The molecule has 4 rings (SSSR count). The molecule has 0 aliphatic carbocycles. The van der Waals surface area contributed by atoms with Gasteiger partial charge in [0.25, 0.3) is 11.6 Å². The summed E-state index contributed by atoms with van der Waals surface area (Å²) in [6.45, 7) is 5.33. The van der Waals surface area contributed by atoms with Crippen molar-refractivity contribution in [2.75, 3.05) is 12.5 Å². The number of hydrogen-bond donors (Lipinski definition) is 2. The zero-order valence-corrected chi connectivity index (χ0v) is 23.2. The fourth-order valence-corrected chi connectivity index (χ4v) is 4.60. The van der Waals surface area contributed by atoms with Gasteiger partial charge in [0.1, 0.15) is 11.8 Å². The molecule has 0 saturated heterocycles. The van der Waals surface area contributed by atoms with E-state index in [0.29, 0.717) is 22.7 Å². The number of amides is 2. The third-order valence-electron chi connectivity index (χ3n) is 6.56. The first-order valence-corrected chi connectivity index (χ1v) is 13.0. The maximum absolute atomic E-state index is 14.1. The number of rotatable bonds is 10. The van der Waals surface area contributed by atoms with Crippen LogP contribution in [0.5, 0.6) is 5.75 Å². The Labute approximate surface area is 236 Å². The van der Waals surface area contributed by atoms with Crippen LogP contribution < -0.4 is 21.2 Å². The molecule has 1 heterocycles. The Morgan fingerprint density at radius 3 is 2.17 bits per heavy atom. The predicted molar refractivity (Wildman–Crippen MR) is 155 cm³/mol. The molecule has 2 amide bonds. The lowest BCUT2D eigenvalue weighted by Gasteiger charge is -2.21. The average molecular weight is 558 g/mol. The SMILES string of the molecule is COc1ccc(C(=O)Nn2c(-c3ccc([N+](=O)[O-])cc3)c(C)n(C(Cc3ccccc3)C(=O)NC(C)C)c2=O)cc1. The van der Waals surface area contributed by atoms with Crippen LogP contribution in [0.25, 0.3) is 11.3 Å². The number of methoxy groups -OCH3 is 1. The van der Waals surface area contributed by atoms with Gasteiger partial charge in [-0.25, -0.2) is 4.79 Å². The number of nitrogens with one attached hydrogen (secondary N) is 2. The van der Waals surface area contributed by atoms with Crippen LogP contribution in [-0.4, -0.2) is 39.1 Å². The number of carbonyl (C=O) groups is 2. The van der Waals surface area contributed by atoms with Gasteiger partial charge in [-0.3, -0.25) is 29.7 Å². The van der Waals surface area contributed by atoms with Gasteiger partial charge in [0.05, 0.1) is 17.7 Å². The number of aromatic nitrogens is 2. The Morgan fingerprint density at radius 1 is 0.976 bits per heavy atom. The fraction of sp³-hybridized carbons (Fsp3) is 0.233. The van der Waals surface area contributed by atoms with Gasteiger partial charge in [0, 0.05) is 41.4 Å². The molecule has 0 aliphatic rings. The van der Waals surface area contributed by atoms with Crippen molar-refractivity contribution in [2.45, 2.75) is 39.3 Å². The molecule has 11 nitrogen and oxygen atoms in total. The summed E-state index contributed by atoms with van der Waals surface area (Å²) in [4.78, 5) is 51.5. The van der Waals surface area contributed by atoms with E-state index in [1.165, 1.54) is 35.9 Å². The molecule has 11 heteroatoms. The van der Waals surface area contributed by atoms with Crippen LogP contribution in [0.3, 0.4) is 0 Å². The molecule has 1 aromatic heterocycles. The van der Waals surface area contributed by atoms with Crippen molar-refractivity contribution in [1.29, 1.82) is 0 Å². The first-order valence-electron chi connectivity index (χ1n) is 13.0. The Morgan fingerprint density at radius 2 is 1.61 bits per heavy atom. The van der Waals surface area contributed by atoms with Gasteiger partial charge in [-0.1, -0.05) is 30.3 Å². The van der Waals surface area contributed by atoms with E-state index in [-0.39, 0.29) is 29.6 Å². The number of carbonyl (C=O) groups excluding carboxylic acids is 2. The highest BCUT2D eigenvalue weighted by molar-refractivity contribution is 6.00. The van der Waals surface area contributed by atoms with E-state index in [0.717, 1.165) is 10.2 Å². The van der Waals surface area contributed by atoms with E-state index in [4.69, 9.17) is 4.74 Å². The molecule has 0 aliphatic heterocycles. The normalized spacial score (nSPS) is 11.6. The largest absolute Gasteiger partial charge is 0.497 e. The Bertz CT molecular complexity index is 1610. The maximum atomic E-state index is 14.1. The molecular formula is C30H31N5O6. The number of ether oxygens (including phenoxy) is 1. The Hall–Kier alpha value is -5.19. The van der Waals surface area contributed by atoms with Crippen LogP contribution in [0.15, 0.2) is 83.7 Å². The summed E-state index contributed by atoms with van der Waals surface area (Å²) in [6, 6.07) is 20.2. The highest BCUT2D eigenvalue weighted by Crippen LogP contribution is 2.28. The summed E-state index contributed by atoms with van der Waals surface area (Å²) in [5.41, 5.74) is 4.16. The summed E-state index contributed by atoms with van der Waals surface area (Å²) in [5.74, 6) is -0.364. The number of benzene rings is 3. The van der Waals surface area contributed by atoms with Crippen LogP contribution in [-0.2, 0) is 11.2 Å². The molecule has 0 bridgehead atoms. The number of imidazole rings is 1. The van der Waals surface area contributed by atoms with E-state index >= 15 is 0 Å².